The molecule has 0 fully saturated rings. The number of carbonyl (C=O) groups is 2. The van der Waals surface area contributed by atoms with Crippen LogP contribution in [0.15, 0.2) is 53.9 Å². The van der Waals surface area contributed by atoms with E-state index >= 15 is 0 Å². The van der Waals surface area contributed by atoms with E-state index in [1.54, 1.807) is 49.7 Å². The van der Waals surface area contributed by atoms with Gasteiger partial charge in [0.2, 0.25) is 5.91 Å². The molecule has 3 aromatic rings. The molecule has 0 aliphatic carbocycles. The van der Waals surface area contributed by atoms with E-state index in [2.05, 4.69) is 10.3 Å². The Hall–Kier alpha value is -3.16. The average molecular weight is 456 g/mol. The predicted molar refractivity (Wildman–Crippen MR) is 125 cm³/mol. The number of aromatic nitrogens is 1. The molecule has 0 radical (unpaired) electrons. The maximum absolute atomic E-state index is 12.4. The Morgan fingerprint density at radius 3 is 2.74 bits per heavy atom. The van der Waals surface area contributed by atoms with Crippen LogP contribution < -0.4 is 10.1 Å². The maximum atomic E-state index is 12.4. The van der Waals surface area contributed by atoms with Crippen molar-refractivity contribution in [2.45, 2.75) is 13.5 Å². The van der Waals surface area contributed by atoms with Crippen molar-refractivity contribution in [2.24, 2.45) is 0 Å². The van der Waals surface area contributed by atoms with Crippen LogP contribution in [0, 0.1) is 6.92 Å². The van der Waals surface area contributed by atoms with E-state index in [1.165, 1.54) is 11.0 Å². The van der Waals surface area contributed by atoms with Crippen LogP contribution in [0.25, 0.3) is 6.08 Å². The lowest BCUT2D eigenvalue weighted by molar-refractivity contribution is -0.111. The number of rotatable bonds is 7. The van der Waals surface area contributed by atoms with Crippen LogP contribution in [-0.2, 0) is 11.4 Å². The minimum Gasteiger partial charge on any atom is -0.487 e. The molecular weight excluding hydrogens is 434 g/mol. The van der Waals surface area contributed by atoms with Gasteiger partial charge in [-0.1, -0.05) is 23.7 Å². The lowest BCUT2D eigenvalue weighted by atomic mass is 10.1. The molecule has 1 N–H and O–H groups in total. The number of carbonyl (C=O) groups excluding carboxylic acids is 2. The Balaban J connectivity index is 1.63. The molecule has 8 heteroatoms. The summed E-state index contributed by atoms with van der Waals surface area (Å²) in [7, 11) is 3.32. The zero-order valence-corrected chi connectivity index (χ0v) is 19.0. The highest BCUT2D eigenvalue weighted by Crippen LogP contribution is 2.24. The number of thiazole rings is 1. The molecule has 31 heavy (non-hydrogen) atoms. The van der Waals surface area contributed by atoms with Crippen LogP contribution in [0.5, 0.6) is 5.75 Å². The van der Waals surface area contributed by atoms with E-state index in [0.717, 1.165) is 16.3 Å². The molecule has 6 nitrogen and oxygen atoms in total. The molecule has 0 saturated heterocycles. The molecule has 0 aliphatic rings. The van der Waals surface area contributed by atoms with Crippen molar-refractivity contribution >= 4 is 46.5 Å². The Morgan fingerprint density at radius 2 is 2.03 bits per heavy atom. The van der Waals surface area contributed by atoms with Crippen molar-refractivity contribution < 1.29 is 14.3 Å². The number of hydrogen-bond donors (Lipinski definition) is 1. The van der Waals surface area contributed by atoms with Crippen molar-refractivity contribution in [1.82, 2.24) is 9.88 Å². The maximum Gasteiger partial charge on any atom is 0.253 e. The van der Waals surface area contributed by atoms with Gasteiger partial charge in [0.1, 0.15) is 12.4 Å². The second kappa shape index (κ2) is 10.2. The number of anilines is 1. The Morgan fingerprint density at radius 1 is 1.23 bits per heavy atom. The van der Waals surface area contributed by atoms with Gasteiger partial charge < -0.3 is 15.0 Å². The van der Waals surface area contributed by atoms with Crippen LogP contribution in [0.1, 0.15) is 26.6 Å². The van der Waals surface area contributed by atoms with E-state index in [0.29, 0.717) is 28.6 Å². The molecule has 0 saturated carbocycles. The van der Waals surface area contributed by atoms with Crippen LogP contribution in [0.4, 0.5) is 5.69 Å². The molecule has 0 spiro atoms. The van der Waals surface area contributed by atoms with Gasteiger partial charge in [-0.3, -0.25) is 9.59 Å². The highest BCUT2D eigenvalue weighted by atomic mass is 35.5. The summed E-state index contributed by atoms with van der Waals surface area (Å²) in [4.78, 5) is 30.3. The largest absolute Gasteiger partial charge is 0.487 e. The molecule has 0 atom stereocenters. The van der Waals surface area contributed by atoms with Crippen LogP contribution in [-0.4, -0.2) is 35.8 Å². The monoisotopic (exact) mass is 455 g/mol. The minimum atomic E-state index is -0.361. The molecule has 3 rings (SSSR count). The topological polar surface area (TPSA) is 71.5 Å². The average Bonchev–Trinajstić information content (AvgIpc) is 3.17. The smallest absolute Gasteiger partial charge is 0.253 e. The third kappa shape index (κ3) is 6.41. The second-order valence-electron chi connectivity index (χ2n) is 6.94. The van der Waals surface area contributed by atoms with Gasteiger partial charge in [0.05, 0.1) is 21.4 Å². The lowest BCUT2D eigenvalue weighted by Crippen LogP contribution is -2.21. The summed E-state index contributed by atoms with van der Waals surface area (Å²) in [6.07, 6.45) is 3.08. The van der Waals surface area contributed by atoms with Gasteiger partial charge in [-0.15, -0.1) is 11.3 Å². The van der Waals surface area contributed by atoms with Crippen molar-refractivity contribution in [3.63, 3.8) is 0 Å². The number of ether oxygens (including phenoxy) is 1. The highest BCUT2D eigenvalue weighted by molar-refractivity contribution is 7.09. The van der Waals surface area contributed by atoms with Crippen molar-refractivity contribution in [1.29, 1.82) is 0 Å². The van der Waals surface area contributed by atoms with Crippen LogP contribution in [0.3, 0.4) is 0 Å². The highest BCUT2D eigenvalue weighted by Gasteiger charge is 2.11. The SMILES string of the molecule is Cc1nc(COc2cccc(/C=C/C(=O)Nc3cc(C(=O)N(C)C)ccc3Cl)c2)cs1. The van der Waals surface area contributed by atoms with Gasteiger partial charge in [0, 0.05) is 31.1 Å². The molecule has 1 aromatic heterocycles. The first kappa shape index (κ1) is 22.5. The first-order chi connectivity index (χ1) is 14.8. The zero-order chi connectivity index (χ0) is 22.4. The number of benzene rings is 2. The summed E-state index contributed by atoms with van der Waals surface area (Å²) in [6.45, 7) is 2.34. The third-order valence-electron chi connectivity index (χ3n) is 4.22. The van der Waals surface area contributed by atoms with E-state index < -0.39 is 0 Å². The van der Waals surface area contributed by atoms with E-state index in [9.17, 15) is 9.59 Å². The Kier molecular flexibility index (Phi) is 7.44. The molecule has 1 heterocycles. The standard InChI is InChI=1S/C23H22ClN3O3S/c1-15-25-18(14-31-15)13-30-19-6-4-5-16(11-19)7-10-22(28)26-21-12-17(8-9-20(21)24)23(29)27(2)3/h4-12,14H,13H2,1-3H3,(H,26,28)/b10-7+. The first-order valence-electron chi connectivity index (χ1n) is 9.46. The van der Waals surface area contributed by atoms with Crippen molar-refractivity contribution in [2.75, 3.05) is 19.4 Å². The van der Waals surface area contributed by atoms with Crippen LogP contribution in [0.2, 0.25) is 5.02 Å². The number of hydrogen-bond acceptors (Lipinski definition) is 5. The fourth-order valence-electron chi connectivity index (χ4n) is 2.70. The lowest BCUT2D eigenvalue weighted by Gasteiger charge is -2.12. The fourth-order valence-corrected chi connectivity index (χ4v) is 3.46. The number of nitrogens with zero attached hydrogens (tertiary/aromatic N) is 2. The third-order valence-corrected chi connectivity index (χ3v) is 5.37. The van der Waals surface area contributed by atoms with Gasteiger partial charge in [0.15, 0.2) is 0 Å². The second-order valence-corrected chi connectivity index (χ2v) is 8.41. The van der Waals surface area contributed by atoms with Crippen molar-refractivity contribution in [3.8, 4) is 5.75 Å². The summed E-state index contributed by atoms with van der Waals surface area (Å²) in [5.74, 6) is 0.152. The first-order valence-corrected chi connectivity index (χ1v) is 10.7. The molecule has 2 amide bonds. The molecule has 160 valence electrons. The molecule has 0 aliphatic heterocycles. The Labute approximate surface area is 190 Å². The zero-order valence-electron chi connectivity index (χ0n) is 17.4. The quantitative estimate of drug-likeness (QED) is 0.507. The molecule has 2 aromatic carbocycles. The Bertz CT molecular complexity index is 1120. The molecule has 0 bridgehead atoms. The number of nitrogens with one attached hydrogen (secondary N) is 1. The van der Waals surface area contributed by atoms with Crippen molar-refractivity contribution in [3.05, 3.63) is 80.8 Å². The molecule has 0 unspecified atom stereocenters. The summed E-state index contributed by atoms with van der Waals surface area (Å²) in [5.41, 5.74) is 2.51. The van der Waals surface area contributed by atoms with Gasteiger partial charge >= 0.3 is 0 Å². The summed E-state index contributed by atoms with van der Waals surface area (Å²) >= 11 is 7.75. The van der Waals surface area contributed by atoms with E-state index in [-0.39, 0.29) is 11.8 Å². The van der Waals surface area contributed by atoms with Gasteiger partial charge in [-0.2, -0.15) is 0 Å². The normalized spacial score (nSPS) is 10.8. The summed E-state index contributed by atoms with van der Waals surface area (Å²) < 4.78 is 5.78. The predicted octanol–water partition coefficient (Wildman–Crippen LogP) is 5.04. The van der Waals surface area contributed by atoms with Crippen LogP contribution >= 0.6 is 22.9 Å². The van der Waals surface area contributed by atoms with Gasteiger partial charge in [-0.25, -0.2) is 4.98 Å². The fraction of sp³-hybridized carbons (Fsp3) is 0.174. The van der Waals surface area contributed by atoms with Gasteiger partial charge in [-0.05, 0) is 48.9 Å². The molecular formula is C23H22ClN3O3S. The van der Waals surface area contributed by atoms with Gasteiger partial charge in [0.25, 0.3) is 5.91 Å². The minimum absolute atomic E-state index is 0.174. The number of amides is 2. The number of halogens is 1. The number of aryl methyl sites for hydroxylation is 1. The van der Waals surface area contributed by atoms with E-state index in [4.69, 9.17) is 16.3 Å². The van der Waals surface area contributed by atoms with E-state index in [1.807, 2.05) is 36.6 Å². The summed E-state index contributed by atoms with van der Waals surface area (Å²) in [5, 5.41) is 6.03. The summed E-state index contributed by atoms with van der Waals surface area (Å²) in [6, 6.07) is 12.2.